The number of anilines is 1. The minimum absolute atomic E-state index is 0.187. The van der Waals surface area contributed by atoms with Crippen LogP contribution in [-0.2, 0) is 11.2 Å². The number of hydrogen-bond acceptors (Lipinski definition) is 1. The maximum atomic E-state index is 12.1. The highest BCUT2D eigenvalue weighted by atomic mass is 16.2. The molecule has 1 unspecified atom stereocenters. The minimum atomic E-state index is 0.187. The molecule has 3 rings (SSSR count). The second kappa shape index (κ2) is 5.36. The zero-order chi connectivity index (χ0) is 13.2. The Morgan fingerprint density at radius 1 is 1.11 bits per heavy atom. The fourth-order valence-corrected chi connectivity index (χ4v) is 3.62. The summed E-state index contributed by atoms with van der Waals surface area (Å²) in [5.41, 5.74) is 2.47. The quantitative estimate of drug-likeness (QED) is 0.698. The lowest BCUT2D eigenvalue weighted by molar-refractivity contribution is -0.116. The Kier molecular flexibility index (Phi) is 3.58. The third-order valence-corrected chi connectivity index (χ3v) is 4.53. The maximum Gasteiger partial charge on any atom is 0.224 e. The van der Waals surface area contributed by atoms with Gasteiger partial charge in [0.2, 0.25) is 5.91 Å². The Balaban J connectivity index is 1.88. The van der Waals surface area contributed by atoms with E-state index in [1.807, 2.05) is 11.0 Å². The predicted molar refractivity (Wildman–Crippen MR) is 78.0 cm³/mol. The molecule has 19 heavy (non-hydrogen) atoms. The molecule has 1 aromatic rings. The van der Waals surface area contributed by atoms with Crippen LogP contribution in [-0.4, -0.2) is 11.9 Å². The van der Waals surface area contributed by atoms with E-state index < -0.39 is 0 Å². The number of fused-ring (bicyclic) bond motifs is 1. The largest absolute Gasteiger partial charge is 0.308 e. The first-order valence-electron chi connectivity index (χ1n) is 7.49. The topological polar surface area (TPSA) is 20.3 Å². The average molecular weight is 256 g/mol. The van der Waals surface area contributed by atoms with Gasteiger partial charge in [-0.2, -0.15) is 0 Å². The van der Waals surface area contributed by atoms with Crippen LogP contribution < -0.4 is 4.90 Å². The van der Waals surface area contributed by atoms with Crippen molar-refractivity contribution in [2.45, 2.75) is 57.9 Å². The maximum absolute atomic E-state index is 12.1. The molecule has 0 N–H and O–H groups in total. The average Bonchev–Trinajstić information content (AvgIpc) is 2.59. The molecule has 1 heterocycles. The molecule has 1 fully saturated rings. The molecule has 0 aromatic heterocycles. The summed E-state index contributed by atoms with van der Waals surface area (Å²) >= 11 is 0. The Bertz CT molecular complexity index is 460. The molecule has 1 aliphatic carbocycles. The number of rotatable bonds is 1. The van der Waals surface area contributed by atoms with Crippen molar-refractivity contribution >= 4 is 11.6 Å². The van der Waals surface area contributed by atoms with Crippen LogP contribution in [0, 0.1) is 5.92 Å². The van der Waals surface area contributed by atoms with E-state index in [0.717, 1.165) is 12.1 Å². The van der Waals surface area contributed by atoms with Gasteiger partial charge in [-0.3, -0.25) is 4.79 Å². The van der Waals surface area contributed by atoms with Crippen molar-refractivity contribution in [1.82, 2.24) is 0 Å². The van der Waals surface area contributed by atoms with E-state index in [1.54, 1.807) is 12.8 Å². The van der Waals surface area contributed by atoms with E-state index in [4.69, 9.17) is 0 Å². The van der Waals surface area contributed by atoms with Crippen molar-refractivity contribution in [3.63, 3.8) is 0 Å². The van der Waals surface area contributed by atoms with Crippen LogP contribution in [0.5, 0.6) is 0 Å². The fourth-order valence-electron chi connectivity index (χ4n) is 3.62. The van der Waals surface area contributed by atoms with E-state index in [2.05, 4.69) is 18.2 Å². The molecule has 0 saturated heterocycles. The van der Waals surface area contributed by atoms with Crippen molar-refractivity contribution in [1.29, 1.82) is 0 Å². The lowest BCUT2D eigenvalue weighted by Crippen LogP contribution is -2.40. The third-order valence-electron chi connectivity index (χ3n) is 4.53. The van der Waals surface area contributed by atoms with Crippen molar-refractivity contribution in [2.75, 3.05) is 4.90 Å². The molecular formula is C17H22NO. The summed E-state index contributed by atoms with van der Waals surface area (Å²) in [6, 6.07) is 8.70. The number of benzene rings is 1. The van der Waals surface area contributed by atoms with Crippen LogP contribution in [0.25, 0.3) is 0 Å². The molecule has 0 spiro atoms. The number of nitrogens with zero attached hydrogens (tertiary/aromatic N) is 1. The van der Waals surface area contributed by atoms with E-state index >= 15 is 0 Å². The lowest BCUT2D eigenvalue weighted by Gasteiger charge is -2.30. The molecule has 0 bridgehead atoms. The Labute approximate surface area is 115 Å². The van der Waals surface area contributed by atoms with Crippen molar-refractivity contribution < 1.29 is 4.79 Å². The van der Waals surface area contributed by atoms with Crippen LogP contribution in [0.2, 0.25) is 0 Å². The Morgan fingerprint density at radius 3 is 2.47 bits per heavy atom. The number of para-hydroxylation sites is 1. The summed E-state index contributed by atoms with van der Waals surface area (Å²) in [7, 11) is 0. The van der Waals surface area contributed by atoms with Gasteiger partial charge in [0.25, 0.3) is 0 Å². The molecule has 1 radical (unpaired) electrons. The van der Waals surface area contributed by atoms with E-state index in [0.29, 0.717) is 6.04 Å². The standard InChI is InChI=1S/C17H22NO/c1-13(19)18-16-11-7-6-10-15(16)12-17(18)14-8-4-2-3-5-9-14/h6-7,10-11,17H,2-5,8-9,12H2,1H3. The number of amides is 1. The van der Waals surface area contributed by atoms with Gasteiger partial charge >= 0.3 is 0 Å². The highest BCUT2D eigenvalue weighted by molar-refractivity contribution is 5.95. The van der Waals surface area contributed by atoms with Crippen LogP contribution in [0.15, 0.2) is 24.3 Å². The summed E-state index contributed by atoms with van der Waals surface area (Å²) in [6.45, 7) is 1.70. The predicted octanol–water partition coefficient (Wildman–Crippen LogP) is 3.89. The van der Waals surface area contributed by atoms with Crippen LogP contribution in [0.4, 0.5) is 5.69 Å². The second-order valence-electron chi connectivity index (χ2n) is 5.81. The van der Waals surface area contributed by atoms with Crippen LogP contribution >= 0.6 is 0 Å². The first-order chi connectivity index (χ1) is 9.27. The lowest BCUT2D eigenvalue weighted by atomic mass is 9.89. The molecule has 1 atom stereocenters. The van der Waals surface area contributed by atoms with Gasteiger partial charge in [0.1, 0.15) is 0 Å². The van der Waals surface area contributed by atoms with Crippen molar-refractivity contribution in [2.24, 2.45) is 0 Å². The highest BCUT2D eigenvalue weighted by Crippen LogP contribution is 2.40. The van der Waals surface area contributed by atoms with Crippen LogP contribution in [0.3, 0.4) is 0 Å². The summed E-state index contributed by atoms with van der Waals surface area (Å²) < 4.78 is 0. The zero-order valence-corrected chi connectivity index (χ0v) is 11.7. The summed E-state index contributed by atoms with van der Waals surface area (Å²) in [5, 5.41) is 0. The van der Waals surface area contributed by atoms with Gasteiger partial charge in [-0.05, 0) is 36.8 Å². The SMILES string of the molecule is CC(=O)N1c2ccccc2CC1[C]1CCCCCC1. The summed E-state index contributed by atoms with van der Waals surface area (Å²) in [4.78, 5) is 14.1. The summed E-state index contributed by atoms with van der Waals surface area (Å²) in [6.07, 6.45) is 8.74. The first kappa shape index (κ1) is 12.7. The monoisotopic (exact) mass is 256 g/mol. The zero-order valence-electron chi connectivity index (χ0n) is 11.7. The normalized spacial score (nSPS) is 24.1. The van der Waals surface area contributed by atoms with Crippen molar-refractivity contribution in [3.05, 3.63) is 35.7 Å². The molecule has 2 heteroatoms. The Morgan fingerprint density at radius 2 is 1.79 bits per heavy atom. The van der Waals surface area contributed by atoms with Crippen molar-refractivity contribution in [3.8, 4) is 0 Å². The molecule has 1 saturated carbocycles. The van der Waals surface area contributed by atoms with Crippen LogP contribution in [0.1, 0.15) is 51.0 Å². The molecule has 2 aliphatic rings. The van der Waals surface area contributed by atoms with Gasteiger partial charge in [-0.25, -0.2) is 0 Å². The number of carbonyl (C=O) groups is 1. The fraction of sp³-hybridized carbons (Fsp3) is 0.529. The molecule has 2 nitrogen and oxygen atoms in total. The van der Waals surface area contributed by atoms with Gasteiger partial charge in [-0.1, -0.05) is 43.9 Å². The van der Waals surface area contributed by atoms with Gasteiger partial charge in [-0.15, -0.1) is 0 Å². The molecule has 101 valence electrons. The Hall–Kier alpha value is -1.31. The third kappa shape index (κ3) is 2.41. The smallest absolute Gasteiger partial charge is 0.224 e. The van der Waals surface area contributed by atoms with Gasteiger partial charge < -0.3 is 4.90 Å². The highest BCUT2D eigenvalue weighted by Gasteiger charge is 2.37. The molecule has 1 aromatic carbocycles. The van der Waals surface area contributed by atoms with E-state index in [9.17, 15) is 4.79 Å². The van der Waals surface area contributed by atoms with Gasteiger partial charge in [0.05, 0.1) is 0 Å². The minimum Gasteiger partial charge on any atom is -0.308 e. The second-order valence-corrected chi connectivity index (χ2v) is 5.81. The first-order valence-corrected chi connectivity index (χ1v) is 7.49. The van der Waals surface area contributed by atoms with E-state index in [-0.39, 0.29) is 5.91 Å². The van der Waals surface area contributed by atoms with Gasteiger partial charge in [0, 0.05) is 18.7 Å². The molecule has 1 amide bonds. The summed E-state index contributed by atoms with van der Waals surface area (Å²) in [5.74, 6) is 1.79. The van der Waals surface area contributed by atoms with E-state index in [1.165, 1.54) is 44.1 Å². The molecule has 1 aliphatic heterocycles. The number of hydrogen-bond donors (Lipinski definition) is 0. The molecular weight excluding hydrogens is 234 g/mol. The number of carbonyl (C=O) groups excluding carboxylic acids is 1. The van der Waals surface area contributed by atoms with Gasteiger partial charge in [0.15, 0.2) is 0 Å².